The molecule has 1 aromatic rings. The van der Waals surface area contributed by atoms with E-state index in [0.717, 1.165) is 6.42 Å². The number of hydrogen-bond donors (Lipinski definition) is 2. The molecule has 1 fully saturated rings. The van der Waals surface area contributed by atoms with E-state index in [2.05, 4.69) is 20.8 Å². The predicted octanol–water partition coefficient (Wildman–Crippen LogP) is -0.254. The van der Waals surface area contributed by atoms with E-state index < -0.39 is 0 Å². The molecule has 1 aliphatic heterocycles. The van der Waals surface area contributed by atoms with Gasteiger partial charge in [-0.1, -0.05) is 0 Å². The van der Waals surface area contributed by atoms with E-state index in [9.17, 15) is 4.79 Å². The summed E-state index contributed by atoms with van der Waals surface area (Å²) in [5.41, 5.74) is 0. The molecule has 0 aromatic carbocycles. The van der Waals surface area contributed by atoms with Gasteiger partial charge in [0.1, 0.15) is 0 Å². The normalized spacial score (nSPS) is 21.4. The van der Waals surface area contributed by atoms with Crippen molar-refractivity contribution in [2.45, 2.75) is 32.4 Å². The van der Waals surface area contributed by atoms with E-state index >= 15 is 0 Å². The number of amides is 1. The lowest BCUT2D eigenvalue weighted by atomic mass is 10.1. The third-order valence-corrected chi connectivity index (χ3v) is 2.38. The Balaban J connectivity index is 1.76. The summed E-state index contributed by atoms with van der Waals surface area (Å²) >= 11 is 0. The van der Waals surface area contributed by atoms with Crippen LogP contribution >= 0.6 is 0 Å². The average Bonchev–Trinajstić information content (AvgIpc) is 2.64. The minimum atomic E-state index is 0.127. The molecule has 1 aliphatic rings. The van der Waals surface area contributed by atoms with Gasteiger partial charge in [0.25, 0.3) is 0 Å². The van der Waals surface area contributed by atoms with Crippen molar-refractivity contribution in [1.29, 1.82) is 0 Å². The van der Waals surface area contributed by atoms with Crippen LogP contribution < -0.4 is 10.6 Å². The molecule has 0 radical (unpaired) electrons. The van der Waals surface area contributed by atoms with Crippen LogP contribution in [-0.2, 0) is 11.3 Å². The molecule has 0 bridgehead atoms. The molecule has 2 rings (SSSR count). The number of rotatable bonds is 3. The van der Waals surface area contributed by atoms with Crippen LogP contribution in [0, 0.1) is 6.92 Å². The quantitative estimate of drug-likeness (QED) is 0.719. The third kappa shape index (κ3) is 2.76. The van der Waals surface area contributed by atoms with Crippen LogP contribution in [0.25, 0.3) is 0 Å². The highest BCUT2D eigenvalue weighted by Gasteiger charge is 2.17. The highest BCUT2D eigenvalue weighted by Crippen LogP contribution is 2.04. The van der Waals surface area contributed by atoms with Crippen molar-refractivity contribution in [2.75, 3.05) is 6.54 Å². The van der Waals surface area contributed by atoms with Crippen molar-refractivity contribution in [2.24, 2.45) is 0 Å². The summed E-state index contributed by atoms with van der Waals surface area (Å²) in [7, 11) is 0. The number of aryl methyl sites for hydroxylation is 1. The fraction of sp³-hybridized carbons (Fsp3) is 0.667. The summed E-state index contributed by atoms with van der Waals surface area (Å²) in [6, 6.07) is 0.301. The van der Waals surface area contributed by atoms with E-state index in [4.69, 9.17) is 4.42 Å². The lowest BCUT2D eigenvalue weighted by molar-refractivity contribution is -0.122. The molecular formula is C9H14N4O2. The zero-order valence-electron chi connectivity index (χ0n) is 8.62. The third-order valence-electron chi connectivity index (χ3n) is 2.38. The van der Waals surface area contributed by atoms with Crippen LogP contribution in [0.15, 0.2) is 4.42 Å². The molecule has 2 heterocycles. The Labute approximate surface area is 87.4 Å². The molecule has 1 atom stereocenters. The number of nitrogens with one attached hydrogen (secondary N) is 2. The van der Waals surface area contributed by atoms with Gasteiger partial charge in [0.05, 0.1) is 6.54 Å². The molecule has 0 aliphatic carbocycles. The highest BCUT2D eigenvalue weighted by molar-refractivity contribution is 5.76. The van der Waals surface area contributed by atoms with Gasteiger partial charge in [-0.05, 0) is 6.42 Å². The van der Waals surface area contributed by atoms with Crippen molar-refractivity contribution in [1.82, 2.24) is 20.8 Å². The van der Waals surface area contributed by atoms with Gasteiger partial charge in [-0.25, -0.2) is 0 Å². The minimum Gasteiger partial charge on any atom is -0.424 e. The van der Waals surface area contributed by atoms with Crippen LogP contribution in [0.1, 0.15) is 24.6 Å². The second-order valence-corrected chi connectivity index (χ2v) is 3.64. The first-order valence-electron chi connectivity index (χ1n) is 5.03. The zero-order valence-corrected chi connectivity index (χ0v) is 8.62. The molecule has 0 spiro atoms. The predicted molar refractivity (Wildman–Crippen MR) is 51.9 cm³/mol. The first-order chi connectivity index (χ1) is 7.24. The standard InChI is InChI=1S/C9H14N4O2/c1-6-12-13-9(15-6)5-10-7-2-3-8(14)11-4-7/h7,10H,2-5H2,1H3,(H,11,14). The molecule has 1 amide bonds. The van der Waals surface area contributed by atoms with Gasteiger partial charge in [0.15, 0.2) is 0 Å². The van der Waals surface area contributed by atoms with Crippen LogP contribution in [0.4, 0.5) is 0 Å². The van der Waals surface area contributed by atoms with Crippen molar-refractivity contribution in [3.8, 4) is 0 Å². The van der Waals surface area contributed by atoms with Crippen molar-refractivity contribution < 1.29 is 9.21 Å². The van der Waals surface area contributed by atoms with Gasteiger partial charge in [0, 0.05) is 25.9 Å². The summed E-state index contributed by atoms with van der Waals surface area (Å²) in [5, 5.41) is 13.7. The largest absolute Gasteiger partial charge is 0.424 e. The molecule has 1 unspecified atom stereocenters. The number of carbonyl (C=O) groups is 1. The zero-order chi connectivity index (χ0) is 10.7. The van der Waals surface area contributed by atoms with Crippen molar-refractivity contribution in [3.63, 3.8) is 0 Å². The Kier molecular flexibility index (Phi) is 2.96. The molecule has 1 saturated heterocycles. The van der Waals surface area contributed by atoms with Gasteiger partial charge in [-0.15, -0.1) is 10.2 Å². The van der Waals surface area contributed by atoms with Crippen LogP contribution in [0.3, 0.4) is 0 Å². The van der Waals surface area contributed by atoms with Gasteiger partial charge < -0.3 is 15.1 Å². The molecule has 15 heavy (non-hydrogen) atoms. The van der Waals surface area contributed by atoms with Gasteiger partial charge in [-0.3, -0.25) is 4.79 Å². The fourth-order valence-electron chi connectivity index (χ4n) is 1.55. The summed E-state index contributed by atoms with van der Waals surface area (Å²) in [4.78, 5) is 10.9. The summed E-state index contributed by atoms with van der Waals surface area (Å²) in [6.45, 7) is 2.99. The average molecular weight is 210 g/mol. The Morgan fingerprint density at radius 2 is 2.47 bits per heavy atom. The molecule has 2 N–H and O–H groups in total. The van der Waals surface area contributed by atoms with E-state index in [0.29, 0.717) is 37.3 Å². The first kappa shape index (κ1) is 10.1. The summed E-state index contributed by atoms with van der Waals surface area (Å²) < 4.78 is 5.22. The Bertz CT molecular complexity index is 340. The number of hydrogen-bond acceptors (Lipinski definition) is 5. The maximum Gasteiger partial charge on any atom is 0.230 e. The maximum absolute atomic E-state index is 10.9. The molecule has 1 aromatic heterocycles. The van der Waals surface area contributed by atoms with Crippen molar-refractivity contribution in [3.05, 3.63) is 11.8 Å². The van der Waals surface area contributed by atoms with E-state index in [1.807, 2.05) is 0 Å². The lowest BCUT2D eigenvalue weighted by Gasteiger charge is -2.22. The second kappa shape index (κ2) is 4.39. The molecule has 82 valence electrons. The topological polar surface area (TPSA) is 80.0 Å². The maximum atomic E-state index is 10.9. The Morgan fingerprint density at radius 3 is 3.07 bits per heavy atom. The lowest BCUT2D eigenvalue weighted by Crippen LogP contribution is -2.45. The first-order valence-corrected chi connectivity index (χ1v) is 5.03. The molecular weight excluding hydrogens is 196 g/mol. The number of piperidine rings is 1. The van der Waals surface area contributed by atoms with Crippen LogP contribution in [0.2, 0.25) is 0 Å². The fourth-order valence-corrected chi connectivity index (χ4v) is 1.55. The molecule has 6 heteroatoms. The molecule has 6 nitrogen and oxygen atoms in total. The second-order valence-electron chi connectivity index (χ2n) is 3.64. The van der Waals surface area contributed by atoms with Gasteiger partial charge >= 0.3 is 0 Å². The van der Waals surface area contributed by atoms with E-state index in [1.165, 1.54) is 0 Å². The Morgan fingerprint density at radius 1 is 1.60 bits per heavy atom. The van der Waals surface area contributed by atoms with E-state index in [1.54, 1.807) is 6.92 Å². The van der Waals surface area contributed by atoms with E-state index in [-0.39, 0.29) is 5.91 Å². The van der Waals surface area contributed by atoms with Crippen LogP contribution in [-0.4, -0.2) is 28.7 Å². The summed E-state index contributed by atoms with van der Waals surface area (Å²) in [6.07, 6.45) is 1.44. The summed E-state index contributed by atoms with van der Waals surface area (Å²) in [5.74, 6) is 1.29. The molecule has 0 saturated carbocycles. The highest BCUT2D eigenvalue weighted by atomic mass is 16.4. The monoisotopic (exact) mass is 210 g/mol. The Hall–Kier alpha value is -1.43. The smallest absolute Gasteiger partial charge is 0.230 e. The van der Waals surface area contributed by atoms with Gasteiger partial charge in [0.2, 0.25) is 17.7 Å². The number of nitrogens with zero attached hydrogens (tertiary/aromatic N) is 2. The minimum absolute atomic E-state index is 0.127. The van der Waals surface area contributed by atoms with Crippen molar-refractivity contribution >= 4 is 5.91 Å². The SMILES string of the molecule is Cc1nnc(CNC2CCC(=O)NC2)o1. The van der Waals surface area contributed by atoms with Crippen LogP contribution in [0.5, 0.6) is 0 Å². The number of aromatic nitrogens is 2. The number of carbonyl (C=O) groups excluding carboxylic acids is 1. The van der Waals surface area contributed by atoms with Gasteiger partial charge in [-0.2, -0.15) is 0 Å².